The topological polar surface area (TPSA) is 60.4 Å². The highest BCUT2D eigenvalue weighted by Crippen LogP contribution is 2.36. The molecule has 6 heteroatoms. The molecule has 0 atom stereocenters. The van der Waals surface area contributed by atoms with E-state index in [1.807, 2.05) is 32.0 Å². The number of carbonyl (C=O) groups excluding carboxylic acids is 2. The maximum atomic E-state index is 12.7. The molecule has 0 aromatic heterocycles. The minimum absolute atomic E-state index is 0.0971. The third-order valence-electron chi connectivity index (χ3n) is 3.99. The van der Waals surface area contributed by atoms with Crippen molar-refractivity contribution in [1.82, 2.24) is 0 Å². The summed E-state index contributed by atoms with van der Waals surface area (Å²) in [6.07, 6.45) is 1.71. The molecule has 126 valence electrons. The van der Waals surface area contributed by atoms with Gasteiger partial charge in [0.05, 0.1) is 16.6 Å². The van der Waals surface area contributed by atoms with Crippen molar-refractivity contribution in [3.63, 3.8) is 0 Å². The highest BCUT2D eigenvalue weighted by atomic mass is 32.2. The number of hydrogen-bond acceptors (Lipinski definition) is 5. The summed E-state index contributed by atoms with van der Waals surface area (Å²) in [4.78, 5) is 25.6. The number of aryl methyl sites for hydroxylation is 2. The zero-order valence-electron chi connectivity index (χ0n) is 13.6. The number of carboxylic acid groups (broad SMARTS) is 1. The summed E-state index contributed by atoms with van der Waals surface area (Å²) in [6, 6.07) is 12.0. The number of nitrogens with zero attached hydrogens (tertiary/aromatic N) is 1. The lowest BCUT2D eigenvalue weighted by molar-refractivity contribution is -0.255. The predicted octanol–water partition coefficient (Wildman–Crippen LogP) is 3.07. The fraction of sp³-hybridized carbons (Fsp3) is 0.105. The number of hydrogen-bond donors (Lipinski definition) is 0. The Morgan fingerprint density at radius 1 is 1.12 bits per heavy atom. The second-order valence-corrected chi connectivity index (χ2v) is 7.37. The second kappa shape index (κ2) is 6.82. The van der Waals surface area contributed by atoms with Gasteiger partial charge < -0.3 is 9.90 Å². The van der Waals surface area contributed by atoms with Crippen molar-refractivity contribution in [1.29, 1.82) is 0 Å². The van der Waals surface area contributed by atoms with Crippen molar-refractivity contribution < 1.29 is 14.7 Å². The van der Waals surface area contributed by atoms with Gasteiger partial charge in [0, 0.05) is 0 Å². The molecule has 1 amide bonds. The van der Waals surface area contributed by atoms with Crippen LogP contribution in [-0.2, 0) is 4.79 Å². The number of thiocarbonyl (C=S) groups is 1. The lowest BCUT2D eigenvalue weighted by atomic mass is 10.1. The molecule has 3 rings (SSSR count). The molecule has 0 bridgehead atoms. The van der Waals surface area contributed by atoms with Crippen LogP contribution in [0.2, 0.25) is 0 Å². The van der Waals surface area contributed by atoms with Gasteiger partial charge in [-0.25, -0.2) is 0 Å². The maximum absolute atomic E-state index is 12.7. The first-order valence-corrected chi connectivity index (χ1v) is 8.76. The number of thioether (sulfide) groups is 1. The minimum atomic E-state index is -1.23. The highest BCUT2D eigenvalue weighted by molar-refractivity contribution is 8.27. The monoisotopic (exact) mass is 368 g/mol. The van der Waals surface area contributed by atoms with Crippen LogP contribution >= 0.6 is 24.0 Å². The number of benzene rings is 2. The van der Waals surface area contributed by atoms with Gasteiger partial charge in [0.25, 0.3) is 5.91 Å². The van der Waals surface area contributed by atoms with Crippen LogP contribution in [0.5, 0.6) is 0 Å². The molecule has 1 saturated heterocycles. The molecule has 1 aliphatic heterocycles. The molecule has 1 heterocycles. The van der Waals surface area contributed by atoms with Crippen LogP contribution in [0.4, 0.5) is 5.69 Å². The van der Waals surface area contributed by atoms with Crippen LogP contribution in [0.25, 0.3) is 6.08 Å². The Morgan fingerprint density at radius 2 is 1.80 bits per heavy atom. The summed E-state index contributed by atoms with van der Waals surface area (Å²) in [6.45, 7) is 4.00. The van der Waals surface area contributed by atoms with Crippen molar-refractivity contribution in [3.05, 3.63) is 69.6 Å². The molecule has 0 saturated carbocycles. The van der Waals surface area contributed by atoms with Gasteiger partial charge in [-0.15, -0.1) is 0 Å². The first-order chi connectivity index (χ1) is 11.9. The smallest absolute Gasteiger partial charge is 0.270 e. The highest BCUT2D eigenvalue weighted by Gasteiger charge is 2.33. The predicted molar refractivity (Wildman–Crippen MR) is 102 cm³/mol. The van der Waals surface area contributed by atoms with Crippen molar-refractivity contribution in [2.45, 2.75) is 13.8 Å². The molecule has 2 aromatic carbocycles. The number of carboxylic acids is 1. The van der Waals surface area contributed by atoms with Gasteiger partial charge in [-0.1, -0.05) is 54.3 Å². The van der Waals surface area contributed by atoms with Gasteiger partial charge in [-0.05, 0) is 54.3 Å². The van der Waals surface area contributed by atoms with Crippen LogP contribution in [0.3, 0.4) is 0 Å². The minimum Gasteiger partial charge on any atom is -0.545 e. The van der Waals surface area contributed by atoms with Crippen molar-refractivity contribution >= 4 is 51.9 Å². The van der Waals surface area contributed by atoms with Crippen LogP contribution in [0.15, 0.2) is 47.4 Å². The van der Waals surface area contributed by atoms with Gasteiger partial charge in [0.2, 0.25) is 0 Å². The fourth-order valence-electron chi connectivity index (χ4n) is 2.42. The van der Waals surface area contributed by atoms with Gasteiger partial charge in [-0.3, -0.25) is 9.69 Å². The van der Waals surface area contributed by atoms with Gasteiger partial charge in [0.15, 0.2) is 4.32 Å². The normalized spacial score (nSPS) is 15.9. The SMILES string of the molecule is Cc1ccc(N2C(=O)C(=Cc3ccc(C(=O)[O-])cc3)SC2=S)cc1C. The van der Waals surface area contributed by atoms with E-state index in [4.69, 9.17) is 12.2 Å². The average Bonchev–Trinajstić information content (AvgIpc) is 2.85. The molecular weight excluding hydrogens is 354 g/mol. The number of aromatic carboxylic acids is 1. The van der Waals surface area contributed by atoms with E-state index in [2.05, 4.69) is 0 Å². The Labute approximate surface area is 155 Å². The Morgan fingerprint density at radius 3 is 2.40 bits per heavy atom. The van der Waals surface area contributed by atoms with E-state index in [0.29, 0.717) is 9.23 Å². The average molecular weight is 368 g/mol. The molecule has 0 aliphatic carbocycles. The summed E-state index contributed by atoms with van der Waals surface area (Å²) in [5.41, 5.74) is 3.82. The summed E-state index contributed by atoms with van der Waals surface area (Å²) in [5, 5.41) is 10.8. The Bertz CT molecular complexity index is 917. The maximum Gasteiger partial charge on any atom is 0.270 e. The van der Waals surface area contributed by atoms with Crippen LogP contribution in [0, 0.1) is 13.8 Å². The summed E-state index contributed by atoms with van der Waals surface area (Å²) in [7, 11) is 0. The molecular formula is C19H14NO3S2-. The fourth-order valence-corrected chi connectivity index (χ4v) is 3.72. The van der Waals surface area contributed by atoms with E-state index in [9.17, 15) is 14.7 Å². The molecule has 1 fully saturated rings. The largest absolute Gasteiger partial charge is 0.545 e. The molecule has 4 nitrogen and oxygen atoms in total. The third kappa shape index (κ3) is 3.50. The van der Waals surface area contributed by atoms with Crippen molar-refractivity contribution in [2.24, 2.45) is 0 Å². The molecule has 0 N–H and O–H groups in total. The number of anilines is 1. The molecule has 25 heavy (non-hydrogen) atoms. The Kier molecular flexibility index (Phi) is 4.74. The third-order valence-corrected chi connectivity index (χ3v) is 5.29. The van der Waals surface area contributed by atoms with E-state index in [-0.39, 0.29) is 11.5 Å². The lowest BCUT2D eigenvalue weighted by Crippen LogP contribution is -2.27. The van der Waals surface area contributed by atoms with E-state index in [1.54, 1.807) is 18.2 Å². The molecule has 0 spiro atoms. The van der Waals surface area contributed by atoms with Crippen LogP contribution < -0.4 is 10.0 Å². The molecule has 1 aliphatic rings. The van der Waals surface area contributed by atoms with Crippen LogP contribution in [0.1, 0.15) is 27.0 Å². The quantitative estimate of drug-likeness (QED) is 0.615. The van der Waals surface area contributed by atoms with E-state index < -0.39 is 5.97 Å². The molecule has 2 aromatic rings. The zero-order valence-corrected chi connectivity index (χ0v) is 15.2. The Balaban J connectivity index is 1.90. The number of carbonyl (C=O) groups is 2. The lowest BCUT2D eigenvalue weighted by Gasteiger charge is -2.15. The Hall–Kier alpha value is -2.44. The summed E-state index contributed by atoms with van der Waals surface area (Å²) in [5.74, 6) is -1.41. The van der Waals surface area contributed by atoms with Crippen molar-refractivity contribution in [2.75, 3.05) is 4.90 Å². The first-order valence-electron chi connectivity index (χ1n) is 7.53. The molecule has 0 radical (unpaired) electrons. The van der Waals surface area contributed by atoms with Gasteiger partial charge in [-0.2, -0.15) is 0 Å². The number of rotatable bonds is 3. The van der Waals surface area contributed by atoms with Gasteiger partial charge >= 0.3 is 0 Å². The molecule has 0 unspecified atom stereocenters. The summed E-state index contributed by atoms with van der Waals surface area (Å²) < 4.78 is 0.478. The van der Waals surface area contributed by atoms with E-state index in [0.717, 1.165) is 22.4 Å². The zero-order chi connectivity index (χ0) is 18.1. The standard InChI is InChI=1S/C19H15NO3S2/c1-11-3-8-15(9-12(11)2)20-17(21)16(25-19(20)24)10-13-4-6-14(7-5-13)18(22)23/h3-10H,1-2H3,(H,22,23)/p-1. The number of amides is 1. The summed E-state index contributed by atoms with van der Waals surface area (Å²) >= 11 is 6.60. The van der Waals surface area contributed by atoms with E-state index >= 15 is 0 Å². The second-order valence-electron chi connectivity index (χ2n) is 5.70. The van der Waals surface area contributed by atoms with Gasteiger partial charge in [0.1, 0.15) is 0 Å². The van der Waals surface area contributed by atoms with E-state index in [1.165, 1.54) is 28.8 Å². The van der Waals surface area contributed by atoms with Crippen LogP contribution in [-0.4, -0.2) is 16.2 Å². The van der Waals surface area contributed by atoms with Crippen molar-refractivity contribution in [3.8, 4) is 0 Å². The first kappa shape index (κ1) is 17.4.